The number of nitrogens with zero attached hydrogens (tertiary/aromatic N) is 2. The van der Waals surface area contributed by atoms with Crippen molar-refractivity contribution in [3.63, 3.8) is 0 Å². The van der Waals surface area contributed by atoms with Crippen LogP contribution in [0.5, 0.6) is 0 Å². The van der Waals surface area contributed by atoms with Crippen LogP contribution in [0.15, 0.2) is 41.4 Å². The second-order valence-corrected chi connectivity index (χ2v) is 5.87. The number of anilines is 1. The maximum atomic E-state index is 4.22. The number of thioether (sulfide) groups is 1. The first-order valence-corrected chi connectivity index (χ1v) is 8.65. The van der Waals surface area contributed by atoms with E-state index < -0.39 is 0 Å². The van der Waals surface area contributed by atoms with Crippen LogP contribution in [0.25, 0.3) is 0 Å². The number of hydrogen-bond donors (Lipinski definition) is 2. The lowest BCUT2D eigenvalue weighted by molar-refractivity contribution is 0.832. The predicted molar refractivity (Wildman–Crippen MR) is 94.4 cm³/mol. The van der Waals surface area contributed by atoms with Crippen molar-refractivity contribution >= 4 is 23.4 Å². The number of aliphatic imine (C=N–C) groups is 1. The Kier molecular flexibility index (Phi) is 6.47. The highest BCUT2D eigenvalue weighted by atomic mass is 32.2. The molecule has 0 radical (unpaired) electrons. The average Bonchev–Trinajstić information content (AvgIpc) is 3.06. The van der Waals surface area contributed by atoms with Crippen molar-refractivity contribution in [2.75, 3.05) is 43.6 Å². The number of guanidine groups is 1. The molecule has 1 aromatic rings. The van der Waals surface area contributed by atoms with Crippen LogP contribution < -0.4 is 15.5 Å². The van der Waals surface area contributed by atoms with E-state index in [1.54, 1.807) is 7.05 Å². The summed E-state index contributed by atoms with van der Waals surface area (Å²) in [5.41, 5.74) is 2.55. The Morgan fingerprint density at radius 3 is 2.52 bits per heavy atom. The number of hydrogen-bond acceptors (Lipinski definition) is 3. The van der Waals surface area contributed by atoms with Gasteiger partial charge in [0.05, 0.1) is 0 Å². The molecule has 2 rings (SSSR count). The smallest absolute Gasteiger partial charge is 0.191 e. The molecule has 0 atom stereocenters. The topological polar surface area (TPSA) is 39.7 Å². The quantitative estimate of drug-likeness (QED) is 0.365. The number of benzene rings is 1. The molecule has 0 spiro atoms. The van der Waals surface area contributed by atoms with Gasteiger partial charge in [0.25, 0.3) is 0 Å². The van der Waals surface area contributed by atoms with Gasteiger partial charge in [-0.05, 0) is 24.0 Å². The lowest BCUT2D eigenvalue weighted by atomic mass is 10.2. The van der Waals surface area contributed by atoms with Gasteiger partial charge in [0.2, 0.25) is 0 Å². The van der Waals surface area contributed by atoms with E-state index in [0.29, 0.717) is 0 Å². The van der Waals surface area contributed by atoms with Crippen LogP contribution in [0.3, 0.4) is 0 Å². The Morgan fingerprint density at radius 1 is 1.19 bits per heavy atom. The highest BCUT2D eigenvalue weighted by Gasteiger charge is 2.07. The zero-order valence-corrected chi connectivity index (χ0v) is 13.6. The fourth-order valence-electron chi connectivity index (χ4n) is 2.19. The molecule has 0 fully saturated rings. The maximum absolute atomic E-state index is 4.22. The van der Waals surface area contributed by atoms with Crippen molar-refractivity contribution in [3.8, 4) is 0 Å². The Hall–Kier alpha value is -1.62. The number of rotatable bonds is 6. The van der Waals surface area contributed by atoms with Crippen molar-refractivity contribution in [2.45, 2.75) is 6.54 Å². The lowest BCUT2D eigenvalue weighted by Gasteiger charge is -2.18. The molecule has 0 unspecified atom stereocenters. The minimum atomic E-state index is 0.789. The van der Waals surface area contributed by atoms with E-state index in [0.717, 1.165) is 37.9 Å². The van der Waals surface area contributed by atoms with Gasteiger partial charge in [-0.1, -0.05) is 24.3 Å². The summed E-state index contributed by atoms with van der Waals surface area (Å²) in [6, 6.07) is 8.73. The standard InChI is InChI=1S/C16H24N4S/c1-17-16(18-9-12-21-2)19-13-14-5-7-15(8-6-14)20-10-3-4-11-20/h3-8H,9-13H2,1-2H3,(H2,17,18,19). The SMILES string of the molecule is CN=C(NCCSC)NCc1ccc(N2CC=CC2)cc1. The van der Waals surface area contributed by atoms with Gasteiger partial charge in [0, 0.05) is 44.7 Å². The molecule has 0 aliphatic carbocycles. The molecule has 0 saturated carbocycles. The van der Waals surface area contributed by atoms with Crippen molar-refractivity contribution in [2.24, 2.45) is 4.99 Å². The summed E-state index contributed by atoms with van der Waals surface area (Å²) in [5, 5.41) is 6.64. The van der Waals surface area contributed by atoms with E-state index in [-0.39, 0.29) is 0 Å². The van der Waals surface area contributed by atoms with Gasteiger partial charge < -0.3 is 15.5 Å². The Balaban J connectivity index is 1.79. The van der Waals surface area contributed by atoms with Gasteiger partial charge in [-0.2, -0.15) is 11.8 Å². The summed E-state index contributed by atoms with van der Waals surface area (Å²) in [6.45, 7) is 3.76. The molecule has 1 aromatic carbocycles. The zero-order valence-electron chi connectivity index (χ0n) is 12.8. The Morgan fingerprint density at radius 2 is 1.90 bits per heavy atom. The van der Waals surface area contributed by atoms with Crippen LogP contribution in [0, 0.1) is 0 Å². The first-order valence-electron chi connectivity index (χ1n) is 7.26. The minimum absolute atomic E-state index is 0.789. The summed E-state index contributed by atoms with van der Waals surface area (Å²) in [4.78, 5) is 6.57. The van der Waals surface area contributed by atoms with Crippen LogP contribution in [-0.4, -0.2) is 44.7 Å². The third-order valence-electron chi connectivity index (χ3n) is 3.40. The summed E-state index contributed by atoms with van der Waals surface area (Å²) in [7, 11) is 1.80. The molecule has 114 valence electrons. The van der Waals surface area contributed by atoms with Crippen LogP contribution in [0.2, 0.25) is 0 Å². The highest BCUT2D eigenvalue weighted by molar-refractivity contribution is 7.98. The number of nitrogens with one attached hydrogen (secondary N) is 2. The van der Waals surface area contributed by atoms with Gasteiger partial charge >= 0.3 is 0 Å². The summed E-state index contributed by atoms with van der Waals surface area (Å²) in [6.07, 6.45) is 6.52. The van der Waals surface area contributed by atoms with Crippen LogP contribution in [0.1, 0.15) is 5.56 Å². The average molecular weight is 304 g/mol. The van der Waals surface area contributed by atoms with Gasteiger partial charge in [0.1, 0.15) is 0 Å². The molecule has 21 heavy (non-hydrogen) atoms. The Labute approximate surface area is 131 Å². The van der Waals surface area contributed by atoms with E-state index in [4.69, 9.17) is 0 Å². The molecule has 0 saturated heterocycles. The summed E-state index contributed by atoms with van der Waals surface area (Å²) >= 11 is 1.83. The van der Waals surface area contributed by atoms with Crippen molar-refractivity contribution in [1.29, 1.82) is 0 Å². The van der Waals surface area contributed by atoms with E-state index in [9.17, 15) is 0 Å². The molecular weight excluding hydrogens is 280 g/mol. The van der Waals surface area contributed by atoms with E-state index in [1.165, 1.54) is 11.3 Å². The van der Waals surface area contributed by atoms with E-state index in [1.807, 2.05) is 11.8 Å². The van der Waals surface area contributed by atoms with Gasteiger partial charge in [-0.15, -0.1) is 0 Å². The molecular formula is C16H24N4S. The normalized spacial score (nSPS) is 14.6. The highest BCUT2D eigenvalue weighted by Crippen LogP contribution is 2.17. The van der Waals surface area contributed by atoms with Gasteiger partial charge in [-0.3, -0.25) is 4.99 Å². The van der Waals surface area contributed by atoms with Crippen LogP contribution in [-0.2, 0) is 6.54 Å². The third-order valence-corrected chi connectivity index (χ3v) is 4.01. The zero-order chi connectivity index (χ0) is 14.9. The Bertz CT molecular complexity index is 474. The largest absolute Gasteiger partial charge is 0.364 e. The second kappa shape index (κ2) is 8.62. The molecule has 0 aromatic heterocycles. The fourth-order valence-corrected chi connectivity index (χ4v) is 2.50. The van der Waals surface area contributed by atoms with Crippen LogP contribution >= 0.6 is 11.8 Å². The van der Waals surface area contributed by atoms with Crippen molar-refractivity contribution < 1.29 is 0 Å². The monoisotopic (exact) mass is 304 g/mol. The lowest BCUT2D eigenvalue weighted by Crippen LogP contribution is -2.37. The first kappa shape index (κ1) is 15.8. The van der Waals surface area contributed by atoms with E-state index >= 15 is 0 Å². The molecule has 2 N–H and O–H groups in total. The molecule has 0 amide bonds. The summed E-state index contributed by atoms with van der Waals surface area (Å²) in [5.74, 6) is 1.94. The molecule has 1 aliphatic heterocycles. The van der Waals surface area contributed by atoms with Crippen molar-refractivity contribution in [3.05, 3.63) is 42.0 Å². The van der Waals surface area contributed by atoms with Gasteiger partial charge in [0.15, 0.2) is 5.96 Å². The van der Waals surface area contributed by atoms with E-state index in [2.05, 4.69) is 63.2 Å². The third kappa shape index (κ3) is 5.01. The molecule has 0 bridgehead atoms. The molecule has 4 nitrogen and oxygen atoms in total. The second-order valence-electron chi connectivity index (χ2n) is 4.89. The predicted octanol–water partition coefficient (Wildman–Crippen LogP) is 2.09. The molecule has 5 heteroatoms. The molecule has 1 heterocycles. The van der Waals surface area contributed by atoms with Gasteiger partial charge in [-0.25, -0.2) is 0 Å². The van der Waals surface area contributed by atoms with Crippen LogP contribution in [0.4, 0.5) is 5.69 Å². The molecule has 1 aliphatic rings. The summed E-state index contributed by atoms with van der Waals surface area (Å²) < 4.78 is 0. The fraction of sp³-hybridized carbons (Fsp3) is 0.438. The van der Waals surface area contributed by atoms with Crippen molar-refractivity contribution in [1.82, 2.24) is 10.6 Å². The first-order chi connectivity index (χ1) is 10.3. The maximum Gasteiger partial charge on any atom is 0.191 e. The minimum Gasteiger partial charge on any atom is -0.364 e.